The van der Waals surface area contributed by atoms with E-state index in [0.29, 0.717) is 23.6 Å². The van der Waals surface area contributed by atoms with Gasteiger partial charge < -0.3 is 20.1 Å². The Hall–Kier alpha value is -2.06. The molecule has 0 heterocycles. The van der Waals surface area contributed by atoms with Crippen molar-refractivity contribution in [3.8, 4) is 0 Å². The Balaban J connectivity index is 2.70. The maximum atomic E-state index is 12.6. The molecule has 0 fully saturated rings. The molecule has 1 atom stereocenters. The highest BCUT2D eigenvalue weighted by Crippen LogP contribution is 2.23. The van der Waals surface area contributed by atoms with Gasteiger partial charge in [0.05, 0.1) is 23.8 Å². The van der Waals surface area contributed by atoms with Crippen LogP contribution in [0.2, 0.25) is 0 Å². The van der Waals surface area contributed by atoms with Crippen LogP contribution in [0.1, 0.15) is 17.3 Å². The number of rotatable bonds is 10. The molecule has 2 N–H and O–H groups in total. The minimum Gasteiger partial charge on any atom is -0.481 e. The van der Waals surface area contributed by atoms with Crippen LogP contribution in [0.15, 0.2) is 29.2 Å². The molecule has 25 heavy (non-hydrogen) atoms. The molecule has 0 bridgehead atoms. The van der Waals surface area contributed by atoms with Crippen LogP contribution < -0.4 is 5.32 Å². The third-order valence-electron chi connectivity index (χ3n) is 3.42. The van der Waals surface area contributed by atoms with Crippen molar-refractivity contribution >= 4 is 29.5 Å². The Bertz CT molecular complexity index is 608. The van der Waals surface area contributed by atoms with Gasteiger partial charge in [0.1, 0.15) is 0 Å². The van der Waals surface area contributed by atoms with Crippen molar-refractivity contribution in [2.45, 2.75) is 11.8 Å². The summed E-state index contributed by atoms with van der Waals surface area (Å²) in [6, 6.07) is 6.98. The molecule has 7 nitrogen and oxygen atoms in total. The van der Waals surface area contributed by atoms with E-state index in [0.717, 1.165) is 0 Å². The van der Waals surface area contributed by atoms with Gasteiger partial charge in [-0.2, -0.15) is 0 Å². The second-order valence-electron chi connectivity index (χ2n) is 5.55. The van der Waals surface area contributed by atoms with E-state index in [1.165, 1.54) is 16.7 Å². The van der Waals surface area contributed by atoms with E-state index in [1.807, 2.05) is 0 Å². The zero-order valence-electron chi connectivity index (χ0n) is 14.7. The first kappa shape index (κ1) is 21.0. The van der Waals surface area contributed by atoms with Crippen molar-refractivity contribution in [3.05, 3.63) is 29.8 Å². The number of methoxy groups -OCH3 is 1. The Morgan fingerprint density at radius 2 is 2.00 bits per heavy atom. The fourth-order valence-electron chi connectivity index (χ4n) is 2.03. The number of benzene rings is 1. The number of hydrogen-bond donors (Lipinski definition) is 2. The first-order chi connectivity index (χ1) is 11.9. The highest BCUT2D eigenvalue weighted by Gasteiger charge is 2.20. The molecule has 1 aromatic rings. The number of hydrogen-bond acceptors (Lipinski definition) is 5. The molecule has 0 aliphatic heterocycles. The van der Waals surface area contributed by atoms with Gasteiger partial charge in [-0.1, -0.05) is 19.1 Å². The van der Waals surface area contributed by atoms with Gasteiger partial charge in [-0.3, -0.25) is 14.4 Å². The van der Waals surface area contributed by atoms with Crippen LogP contribution in [0.25, 0.3) is 0 Å². The average Bonchev–Trinajstić information content (AvgIpc) is 2.59. The lowest BCUT2D eigenvalue weighted by atomic mass is 10.1. The van der Waals surface area contributed by atoms with Crippen molar-refractivity contribution in [1.29, 1.82) is 0 Å². The predicted molar refractivity (Wildman–Crippen MR) is 95.8 cm³/mol. The van der Waals surface area contributed by atoms with Gasteiger partial charge >= 0.3 is 5.97 Å². The largest absolute Gasteiger partial charge is 0.481 e. The molecular weight excluding hydrogens is 344 g/mol. The zero-order valence-corrected chi connectivity index (χ0v) is 15.5. The lowest BCUT2D eigenvalue weighted by Crippen LogP contribution is -2.34. The highest BCUT2D eigenvalue weighted by atomic mass is 32.2. The zero-order chi connectivity index (χ0) is 18.8. The number of nitrogens with one attached hydrogen (secondary N) is 1. The van der Waals surface area contributed by atoms with Crippen LogP contribution in [0.3, 0.4) is 0 Å². The minimum absolute atomic E-state index is 0.116. The summed E-state index contributed by atoms with van der Waals surface area (Å²) < 4.78 is 4.87. The number of ether oxygens (including phenoxy) is 1. The second-order valence-corrected chi connectivity index (χ2v) is 6.57. The summed E-state index contributed by atoms with van der Waals surface area (Å²) in [5.41, 5.74) is 0.456. The Morgan fingerprint density at radius 3 is 2.64 bits per heavy atom. The second kappa shape index (κ2) is 10.7. The summed E-state index contributed by atoms with van der Waals surface area (Å²) in [6.07, 6.45) is 0. The molecule has 8 heteroatoms. The van der Waals surface area contributed by atoms with Crippen LogP contribution >= 0.6 is 11.8 Å². The molecule has 0 aliphatic rings. The normalized spacial score (nSPS) is 11.6. The van der Waals surface area contributed by atoms with Crippen molar-refractivity contribution in [1.82, 2.24) is 10.2 Å². The van der Waals surface area contributed by atoms with E-state index >= 15 is 0 Å². The maximum Gasteiger partial charge on any atom is 0.308 e. The number of carbonyl (C=O) groups is 3. The van der Waals surface area contributed by atoms with Gasteiger partial charge in [0.15, 0.2) is 0 Å². The van der Waals surface area contributed by atoms with Crippen molar-refractivity contribution in [3.63, 3.8) is 0 Å². The van der Waals surface area contributed by atoms with E-state index in [-0.39, 0.29) is 24.1 Å². The molecule has 138 valence electrons. The van der Waals surface area contributed by atoms with E-state index in [2.05, 4.69) is 5.32 Å². The highest BCUT2D eigenvalue weighted by molar-refractivity contribution is 8.00. The number of carbonyl (C=O) groups excluding carboxylic acids is 2. The number of aliphatic carboxylic acids is 1. The van der Waals surface area contributed by atoms with Gasteiger partial charge in [-0.15, -0.1) is 11.8 Å². The van der Waals surface area contributed by atoms with Crippen LogP contribution in [-0.2, 0) is 14.3 Å². The van der Waals surface area contributed by atoms with Crippen LogP contribution in [0, 0.1) is 5.92 Å². The average molecular weight is 368 g/mol. The predicted octanol–water partition coefficient (Wildman–Crippen LogP) is 1.33. The van der Waals surface area contributed by atoms with Crippen molar-refractivity contribution in [2.24, 2.45) is 5.92 Å². The Morgan fingerprint density at radius 1 is 1.32 bits per heavy atom. The van der Waals surface area contributed by atoms with Crippen LogP contribution in [0.4, 0.5) is 0 Å². The first-order valence-electron chi connectivity index (χ1n) is 7.82. The fourth-order valence-corrected chi connectivity index (χ4v) is 2.91. The molecule has 2 amide bonds. The number of amides is 2. The quantitative estimate of drug-likeness (QED) is 0.478. The van der Waals surface area contributed by atoms with Crippen LogP contribution in [0.5, 0.6) is 0 Å². The van der Waals surface area contributed by atoms with E-state index < -0.39 is 11.9 Å². The molecule has 1 aromatic carbocycles. The van der Waals surface area contributed by atoms with Gasteiger partial charge in [0.25, 0.3) is 5.91 Å². The summed E-state index contributed by atoms with van der Waals surface area (Å²) in [7, 11) is 3.13. The molecule has 0 aromatic heterocycles. The summed E-state index contributed by atoms with van der Waals surface area (Å²) in [6.45, 7) is 2.55. The summed E-state index contributed by atoms with van der Waals surface area (Å²) in [5.74, 6) is -1.83. The van der Waals surface area contributed by atoms with E-state index in [4.69, 9.17) is 9.84 Å². The first-order valence-corrected chi connectivity index (χ1v) is 8.81. The molecule has 0 saturated heterocycles. The molecule has 0 spiro atoms. The van der Waals surface area contributed by atoms with E-state index in [1.54, 1.807) is 45.3 Å². The Kier molecular flexibility index (Phi) is 9.01. The molecule has 0 radical (unpaired) electrons. The minimum atomic E-state index is -0.949. The van der Waals surface area contributed by atoms with Crippen LogP contribution in [-0.4, -0.2) is 67.4 Å². The summed E-state index contributed by atoms with van der Waals surface area (Å²) in [4.78, 5) is 37.4. The van der Waals surface area contributed by atoms with Gasteiger partial charge in [-0.05, 0) is 12.1 Å². The number of nitrogens with zero attached hydrogens (tertiary/aromatic N) is 1. The van der Waals surface area contributed by atoms with Crippen molar-refractivity contribution < 1.29 is 24.2 Å². The van der Waals surface area contributed by atoms with Gasteiger partial charge in [0, 0.05) is 32.1 Å². The number of thioether (sulfide) groups is 1. The number of carboxylic acids is 1. The number of carboxylic acid groups (broad SMARTS) is 1. The van der Waals surface area contributed by atoms with E-state index in [9.17, 15) is 14.4 Å². The fraction of sp³-hybridized carbons (Fsp3) is 0.471. The maximum absolute atomic E-state index is 12.6. The SMILES string of the molecule is COCCNC(=O)CSc1ccccc1C(=O)N(C)CC(C)C(=O)O. The summed E-state index contributed by atoms with van der Waals surface area (Å²) >= 11 is 1.27. The molecule has 1 rings (SSSR count). The smallest absolute Gasteiger partial charge is 0.308 e. The third-order valence-corrected chi connectivity index (χ3v) is 4.49. The molecular formula is C17H24N2O5S. The summed E-state index contributed by atoms with van der Waals surface area (Å²) in [5, 5.41) is 11.7. The van der Waals surface area contributed by atoms with Gasteiger partial charge in [-0.25, -0.2) is 0 Å². The van der Waals surface area contributed by atoms with Crippen molar-refractivity contribution in [2.75, 3.05) is 39.6 Å². The Labute approximate surface area is 151 Å². The topological polar surface area (TPSA) is 95.9 Å². The standard InChI is InChI=1S/C17H24N2O5S/c1-12(17(22)23)10-19(2)16(21)13-6-4-5-7-14(13)25-11-15(20)18-8-9-24-3/h4-7,12H,8-11H2,1-3H3,(H,18,20)(H,22,23). The van der Waals surface area contributed by atoms with Gasteiger partial charge in [0.2, 0.25) is 5.91 Å². The molecule has 0 aliphatic carbocycles. The lowest BCUT2D eigenvalue weighted by molar-refractivity contribution is -0.141. The lowest BCUT2D eigenvalue weighted by Gasteiger charge is -2.20. The molecule has 1 unspecified atom stereocenters. The monoisotopic (exact) mass is 368 g/mol. The molecule has 0 saturated carbocycles. The third kappa shape index (κ3) is 7.15.